The summed E-state index contributed by atoms with van der Waals surface area (Å²) >= 11 is 0. The summed E-state index contributed by atoms with van der Waals surface area (Å²) in [5.41, 5.74) is 2.09. The number of aliphatic hydroxyl groups excluding tert-OH is 1. The lowest BCUT2D eigenvalue weighted by atomic mass is 10.0. The summed E-state index contributed by atoms with van der Waals surface area (Å²) in [5, 5.41) is 10.1. The van der Waals surface area contributed by atoms with Crippen LogP contribution >= 0.6 is 0 Å². The van der Waals surface area contributed by atoms with Crippen molar-refractivity contribution in [2.24, 2.45) is 0 Å². The van der Waals surface area contributed by atoms with E-state index >= 15 is 0 Å². The van der Waals surface area contributed by atoms with Crippen molar-refractivity contribution in [3.8, 4) is 11.6 Å². The quantitative estimate of drug-likeness (QED) is 0.918. The second-order valence-electron chi connectivity index (χ2n) is 5.78. The fourth-order valence-corrected chi connectivity index (χ4v) is 3.12. The number of rotatable bonds is 5. The monoisotopic (exact) mass is 314 g/mol. The minimum atomic E-state index is -0.322. The lowest BCUT2D eigenvalue weighted by molar-refractivity contribution is 0.172. The van der Waals surface area contributed by atoms with Gasteiger partial charge in [-0.2, -0.15) is 0 Å². The van der Waals surface area contributed by atoms with Crippen molar-refractivity contribution in [2.75, 3.05) is 20.8 Å². The Morgan fingerprint density at radius 1 is 1.17 bits per heavy atom. The van der Waals surface area contributed by atoms with E-state index in [4.69, 9.17) is 9.47 Å². The van der Waals surface area contributed by atoms with Crippen LogP contribution in [0.2, 0.25) is 0 Å². The van der Waals surface area contributed by atoms with Gasteiger partial charge < -0.3 is 14.6 Å². The molecule has 1 aromatic heterocycles. The van der Waals surface area contributed by atoms with Gasteiger partial charge >= 0.3 is 0 Å². The van der Waals surface area contributed by atoms with Crippen LogP contribution in [0, 0.1) is 0 Å². The first kappa shape index (κ1) is 15.8. The summed E-state index contributed by atoms with van der Waals surface area (Å²) in [6.07, 6.45) is 0.397. The molecule has 1 aliphatic rings. The summed E-state index contributed by atoms with van der Waals surface area (Å²) in [4.78, 5) is 6.72. The minimum Gasteiger partial charge on any atom is -0.497 e. The molecular weight excluding hydrogens is 292 g/mol. The minimum absolute atomic E-state index is 0.160. The van der Waals surface area contributed by atoms with E-state index in [0.29, 0.717) is 19.0 Å². The van der Waals surface area contributed by atoms with Crippen LogP contribution in [-0.4, -0.2) is 41.9 Å². The van der Waals surface area contributed by atoms with Crippen LogP contribution in [0.25, 0.3) is 0 Å². The molecule has 1 aliphatic heterocycles. The fourth-order valence-electron chi connectivity index (χ4n) is 3.12. The van der Waals surface area contributed by atoms with Crippen molar-refractivity contribution < 1.29 is 14.6 Å². The standard InChI is InChI=1S/C18H22N2O3/c1-22-16-7-3-5-13(9-16)17-10-15(21)12-20(17)11-14-6-4-8-18(19-14)23-2/h3-9,15,17,21H,10-12H2,1-2H3/t15-,17-/m1/s1. The van der Waals surface area contributed by atoms with Gasteiger partial charge in [0.25, 0.3) is 0 Å². The highest BCUT2D eigenvalue weighted by Gasteiger charge is 2.32. The number of β-amino-alcohol motifs (C(OH)–C–C–N with tert-alkyl or cyclic N) is 1. The number of aromatic nitrogens is 1. The van der Waals surface area contributed by atoms with Gasteiger partial charge in [-0.15, -0.1) is 0 Å². The highest BCUT2D eigenvalue weighted by atomic mass is 16.5. The second-order valence-corrected chi connectivity index (χ2v) is 5.78. The maximum atomic E-state index is 10.1. The van der Waals surface area contributed by atoms with E-state index in [0.717, 1.165) is 23.4 Å². The first-order chi connectivity index (χ1) is 11.2. The van der Waals surface area contributed by atoms with Crippen molar-refractivity contribution in [1.82, 2.24) is 9.88 Å². The highest BCUT2D eigenvalue weighted by Crippen LogP contribution is 2.34. The fraction of sp³-hybridized carbons (Fsp3) is 0.389. The molecule has 0 saturated carbocycles. The van der Waals surface area contributed by atoms with E-state index in [2.05, 4.69) is 16.0 Å². The topological polar surface area (TPSA) is 54.8 Å². The molecule has 2 heterocycles. The Labute approximate surface area is 136 Å². The zero-order valence-electron chi connectivity index (χ0n) is 13.5. The molecule has 0 amide bonds. The zero-order valence-corrected chi connectivity index (χ0v) is 13.5. The molecule has 2 atom stereocenters. The van der Waals surface area contributed by atoms with Crippen LogP contribution in [0.15, 0.2) is 42.5 Å². The molecule has 3 rings (SSSR count). The van der Waals surface area contributed by atoms with Gasteiger partial charge in [-0.25, -0.2) is 4.98 Å². The Morgan fingerprint density at radius 3 is 2.78 bits per heavy atom. The highest BCUT2D eigenvalue weighted by molar-refractivity contribution is 5.31. The maximum Gasteiger partial charge on any atom is 0.213 e. The molecule has 0 bridgehead atoms. The number of methoxy groups -OCH3 is 2. The molecule has 122 valence electrons. The van der Waals surface area contributed by atoms with E-state index in [1.807, 2.05) is 36.4 Å². The number of benzene rings is 1. The van der Waals surface area contributed by atoms with E-state index in [1.54, 1.807) is 14.2 Å². The number of pyridine rings is 1. The number of ether oxygens (including phenoxy) is 2. The Morgan fingerprint density at radius 2 is 2.00 bits per heavy atom. The molecule has 0 radical (unpaired) electrons. The molecule has 1 aromatic carbocycles. The smallest absolute Gasteiger partial charge is 0.213 e. The Bertz CT molecular complexity index is 662. The number of hydrogen-bond acceptors (Lipinski definition) is 5. The van der Waals surface area contributed by atoms with E-state index in [-0.39, 0.29) is 12.1 Å². The van der Waals surface area contributed by atoms with Crippen LogP contribution in [0.3, 0.4) is 0 Å². The molecule has 23 heavy (non-hydrogen) atoms. The first-order valence-corrected chi connectivity index (χ1v) is 7.75. The largest absolute Gasteiger partial charge is 0.497 e. The number of likely N-dealkylation sites (tertiary alicyclic amines) is 1. The van der Waals surface area contributed by atoms with Gasteiger partial charge in [0.2, 0.25) is 5.88 Å². The van der Waals surface area contributed by atoms with Crippen molar-refractivity contribution in [2.45, 2.75) is 25.1 Å². The van der Waals surface area contributed by atoms with Crippen LogP contribution in [0.1, 0.15) is 23.7 Å². The summed E-state index contributed by atoms with van der Waals surface area (Å²) < 4.78 is 10.5. The Kier molecular flexibility index (Phi) is 4.79. The first-order valence-electron chi connectivity index (χ1n) is 7.75. The van der Waals surface area contributed by atoms with Crippen molar-refractivity contribution in [1.29, 1.82) is 0 Å². The van der Waals surface area contributed by atoms with Gasteiger partial charge in [0.1, 0.15) is 5.75 Å². The third-order valence-electron chi connectivity index (χ3n) is 4.22. The molecule has 5 nitrogen and oxygen atoms in total. The van der Waals surface area contributed by atoms with Gasteiger partial charge in [0, 0.05) is 25.2 Å². The van der Waals surface area contributed by atoms with Gasteiger partial charge in [-0.3, -0.25) is 4.90 Å². The molecular formula is C18H22N2O3. The predicted octanol–water partition coefficient (Wildman–Crippen LogP) is 2.41. The Hall–Kier alpha value is -2.11. The molecule has 5 heteroatoms. The molecule has 2 aromatic rings. The predicted molar refractivity (Wildman–Crippen MR) is 87.6 cm³/mol. The third kappa shape index (κ3) is 3.63. The average molecular weight is 314 g/mol. The maximum absolute atomic E-state index is 10.1. The lowest BCUT2D eigenvalue weighted by Crippen LogP contribution is -2.24. The summed E-state index contributed by atoms with van der Waals surface area (Å²) in [6, 6.07) is 14.0. The molecule has 0 aliphatic carbocycles. The Balaban J connectivity index is 1.81. The summed E-state index contributed by atoms with van der Waals surface area (Å²) in [6.45, 7) is 1.32. The summed E-state index contributed by atoms with van der Waals surface area (Å²) in [7, 11) is 3.28. The second kappa shape index (κ2) is 6.98. The van der Waals surface area contributed by atoms with Crippen LogP contribution in [0.5, 0.6) is 11.6 Å². The van der Waals surface area contributed by atoms with E-state index in [1.165, 1.54) is 0 Å². The van der Waals surface area contributed by atoms with Gasteiger partial charge in [-0.1, -0.05) is 18.2 Å². The zero-order chi connectivity index (χ0) is 16.2. The molecule has 0 spiro atoms. The van der Waals surface area contributed by atoms with Gasteiger partial charge in [-0.05, 0) is 30.2 Å². The van der Waals surface area contributed by atoms with Crippen LogP contribution in [-0.2, 0) is 6.54 Å². The lowest BCUT2D eigenvalue weighted by Gasteiger charge is -2.24. The van der Waals surface area contributed by atoms with Crippen LogP contribution in [0.4, 0.5) is 0 Å². The van der Waals surface area contributed by atoms with Gasteiger partial charge in [0.15, 0.2) is 0 Å². The molecule has 1 saturated heterocycles. The average Bonchev–Trinajstić information content (AvgIpc) is 2.95. The molecule has 1 N–H and O–H groups in total. The van der Waals surface area contributed by atoms with Crippen molar-refractivity contribution >= 4 is 0 Å². The molecule has 0 unspecified atom stereocenters. The van der Waals surface area contributed by atoms with E-state index < -0.39 is 0 Å². The number of nitrogens with zero attached hydrogens (tertiary/aromatic N) is 2. The summed E-state index contributed by atoms with van der Waals surface area (Å²) in [5.74, 6) is 1.45. The number of aliphatic hydroxyl groups is 1. The molecule has 1 fully saturated rings. The van der Waals surface area contributed by atoms with Crippen molar-refractivity contribution in [3.05, 3.63) is 53.7 Å². The van der Waals surface area contributed by atoms with Crippen molar-refractivity contribution in [3.63, 3.8) is 0 Å². The number of hydrogen-bond donors (Lipinski definition) is 1. The van der Waals surface area contributed by atoms with Gasteiger partial charge in [0.05, 0.1) is 26.0 Å². The SMILES string of the molecule is COc1cccc([C@H]2C[C@@H](O)CN2Cc2cccc(OC)n2)c1. The van der Waals surface area contributed by atoms with Crippen LogP contribution < -0.4 is 9.47 Å². The third-order valence-corrected chi connectivity index (χ3v) is 4.22. The van der Waals surface area contributed by atoms with E-state index in [9.17, 15) is 5.11 Å². The normalized spacial score (nSPS) is 21.3.